The summed E-state index contributed by atoms with van der Waals surface area (Å²) in [7, 11) is 0. The maximum atomic E-state index is 4.75. The summed E-state index contributed by atoms with van der Waals surface area (Å²) in [6, 6.07) is 10.7. The van der Waals surface area contributed by atoms with Crippen molar-refractivity contribution >= 4 is 10.9 Å². The monoisotopic (exact) mass is 227 g/mol. The van der Waals surface area contributed by atoms with E-state index in [2.05, 4.69) is 65.0 Å². The Kier molecular flexibility index (Phi) is 2.94. The lowest BCUT2D eigenvalue weighted by atomic mass is 9.83. The lowest BCUT2D eigenvalue weighted by molar-refractivity contribution is 0.593. The molecule has 0 amide bonds. The molecule has 0 saturated carbocycles. The molecule has 1 nitrogen and oxygen atoms in total. The Morgan fingerprint density at radius 3 is 2.29 bits per heavy atom. The third kappa shape index (κ3) is 2.33. The predicted octanol–water partition coefficient (Wildman–Crippen LogP) is 4.66. The van der Waals surface area contributed by atoms with Gasteiger partial charge in [0.25, 0.3) is 0 Å². The maximum absolute atomic E-state index is 4.75. The van der Waals surface area contributed by atoms with E-state index in [1.807, 2.05) is 0 Å². The number of rotatable bonds is 1. The fraction of sp³-hybridized carbons (Fsp3) is 0.438. The van der Waals surface area contributed by atoms with Crippen LogP contribution in [0.15, 0.2) is 30.3 Å². The number of aromatic nitrogens is 1. The van der Waals surface area contributed by atoms with Crippen molar-refractivity contribution in [3.05, 3.63) is 41.6 Å². The summed E-state index contributed by atoms with van der Waals surface area (Å²) < 4.78 is 0. The molecule has 17 heavy (non-hydrogen) atoms. The molecule has 2 rings (SSSR count). The van der Waals surface area contributed by atoms with Gasteiger partial charge in [-0.05, 0) is 29.0 Å². The van der Waals surface area contributed by atoms with Gasteiger partial charge in [-0.15, -0.1) is 0 Å². The minimum atomic E-state index is 0.159. The Labute approximate surface area is 104 Å². The van der Waals surface area contributed by atoms with Gasteiger partial charge < -0.3 is 0 Å². The van der Waals surface area contributed by atoms with Crippen molar-refractivity contribution in [3.63, 3.8) is 0 Å². The average Bonchev–Trinajstić information content (AvgIpc) is 2.26. The highest BCUT2D eigenvalue weighted by Crippen LogP contribution is 2.31. The minimum Gasteiger partial charge on any atom is -0.253 e. The van der Waals surface area contributed by atoms with Gasteiger partial charge in [0.05, 0.1) is 5.52 Å². The van der Waals surface area contributed by atoms with Crippen molar-refractivity contribution < 1.29 is 0 Å². The van der Waals surface area contributed by atoms with Crippen molar-refractivity contribution in [3.8, 4) is 0 Å². The third-order valence-corrected chi connectivity index (χ3v) is 3.14. The molecule has 1 heteroatoms. The number of pyridine rings is 1. The van der Waals surface area contributed by atoms with E-state index < -0.39 is 0 Å². The molecule has 1 aromatic heterocycles. The van der Waals surface area contributed by atoms with Gasteiger partial charge in [-0.3, -0.25) is 4.98 Å². The first kappa shape index (κ1) is 12.1. The molecule has 0 atom stereocenters. The van der Waals surface area contributed by atoms with Gasteiger partial charge in [0.1, 0.15) is 0 Å². The van der Waals surface area contributed by atoms with Gasteiger partial charge in [0.2, 0.25) is 0 Å². The topological polar surface area (TPSA) is 12.9 Å². The van der Waals surface area contributed by atoms with Crippen molar-refractivity contribution in [2.45, 2.75) is 46.0 Å². The van der Waals surface area contributed by atoms with E-state index in [0.717, 1.165) is 5.52 Å². The second kappa shape index (κ2) is 4.14. The largest absolute Gasteiger partial charge is 0.253 e. The van der Waals surface area contributed by atoms with E-state index in [1.165, 1.54) is 16.6 Å². The smallest absolute Gasteiger partial charge is 0.0708 e. The number of hydrogen-bond acceptors (Lipinski definition) is 1. The molecule has 0 radical (unpaired) electrons. The molecule has 0 fully saturated rings. The number of fused-ring (bicyclic) bond motifs is 1. The van der Waals surface area contributed by atoms with Crippen LogP contribution in [-0.2, 0) is 5.41 Å². The number of para-hydroxylation sites is 1. The van der Waals surface area contributed by atoms with E-state index in [9.17, 15) is 0 Å². The molecule has 0 N–H and O–H groups in total. The second-order valence-electron chi connectivity index (χ2n) is 6.02. The Bertz CT molecular complexity index is 533. The van der Waals surface area contributed by atoms with Crippen LogP contribution < -0.4 is 0 Å². The second-order valence-corrected chi connectivity index (χ2v) is 6.02. The Morgan fingerprint density at radius 1 is 1.06 bits per heavy atom. The normalized spacial score (nSPS) is 12.4. The zero-order valence-electron chi connectivity index (χ0n) is 11.4. The average molecular weight is 227 g/mol. The summed E-state index contributed by atoms with van der Waals surface area (Å²) in [4.78, 5) is 4.75. The fourth-order valence-corrected chi connectivity index (χ4v) is 2.11. The van der Waals surface area contributed by atoms with E-state index >= 15 is 0 Å². The first-order chi connectivity index (χ1) is 7.89. The number of benzene rings is 1. The first-order valence-electron chi connectivity index (χ1n) is 6.30. The zero-order valence-corrected chi connectivity index (χ0v) is 11.4. The van der Waals surface area contributed by atoms with Crippen molar-refractivity contribution in [2.24, 2.45) is 0 Å². The third-order valence-electron chi connectivity index (χ3n) is 3.14. The number of nitrogens with zero attached hydrogens (tertiary/aromatic N) is 1. The van der Waals surface area contributed by atoms with Gasteiger partial charge in [-0.2, -0.15) is 0 Å². The van der Waals surface area contributed by atoms with Gasteiger partial charge >= 0.3 is 0 Å². The molecular weight excluding hydrogens is 206 g/mol. The van der Waals surface area contributed by atoms with Crippen LogP contribution in [0.1, 0.15) is 51.8 Å². The summed E-state index contributed by atoms with van der Waals surface area (Å²) in [5, 5.41) is 1.28. The minimum absolute atomic E-state index is 0.159. The summed E-state index contributed by atoms with van der Waals surface area (Å²) in [5.74, 6) is 0.473. The van der Waals surface area contributed by atoms with Crippen LogP contribution in [0.25, 0.3) is 10.9 Å². The Hall–Kier alpha value is -1.37. The Morgan fingerprint density at radius 2 is 1.71 bits per heavy atom. The quantitative estimate of drug-likeness (QED) is 0.690. The van der Waals surface area contributed by atoms with E-state index in [0.29, 0.717) is 5.92 Å². The van der Waals surface area contributed by atoms with Crippen LogP contribution in [0.3, 0.4) is 0 Å². The van der Waals surface area contributed by atoms with Crippen molar-refractivity contribution in [1.29, 1.82) is 0 Å². The fourth-order valence-electron chi connectivity index (χ4n) is 2.11. The molecule has 0 spiro atoms. The SMILES string of the molecule is CC(C)c1cc(C(C)(C)C)c2ccccc2n1. The Balaban J connectivity index is 2.79. The van der Waals surface area contributed by atoms with Gasteiger partial charge in [0, 0.05) is 11.1 Å². The molecule has 0 bridgehead atoms. The van der Waals surface area contributed by atoms with Crippen LogP contribution in [0.5, 0.6) is 0 Å². The van der Waals surface area contributed by atoms with Crippen LogP contribution in [0, 0.1) is 0 Å². The van der Waals surface area contributed by atoms with Crippen molar-refractivity contribution in [1.82, 2.24) is 4.98 Å². The summed E-state index contributed by atoms with van der Waals surface area (Å²) in [6.45, 7) is 11.2. The molecule has 1 aromatic carbocycles. The lowest BCUT2D eigenvalue weighted by Gasteiger charge is -2.22. The molecule has 90 valence electrons. The highest BCUT2D eigenvalue weighted by Gasteiger charge is 2.19. The van der Waals surface area contributed by atoms with E-state index in [1.54, 1.807) is 0 Å². The first-order valence-corrected chi connectivity index (χ1v) is 6.30. The maximum Gasteiger partial charge on any atom is 0.0708 e. The molecule has 0 aliphatic rings. The number of hydrogen-bond donors (Lipinski definition) is 0. The van der Waals surface area contributed by atoms with E-state index in [-0.39, 0.29) is 5.41 Å². The molecule has 0 saturated heterocycles. The van der Waals surface area contributed by atoms with Crippen molar-refractivity contribution in [2.75, 3.05) is 0 Å². The summed E-state index contributed by atoms with van der Waals surface area (Å²) in [5.41, 5.74) is 3.86. The summed E-state index contributed by atoms with van der Waals surface area (Å²) in [6.07, 6.45) is 0. The molecule has 0 aliphatic carbocycles. The van der Waals surface area contributed by atoms with Crippen LogP contribution in [0.4, 0.5) is 0 Å². The molecule has 1 heterocycles. The van der Waals surface area contributed by atoms with Crippen LogP contribution in [0.2, 0.25) is 0 Å². The van der Waals surface area contributed by atoms with E-state index in [4.69, 9.17) is 4.98 Å². The lowest BCUT2D eigenvalue weighted by Crippen LogP contribution is -2.13. The van der Waals surface area contributed by atoms with Gasteiger partial charge in [0.15, 0.2) is 0 Å². The molecule has 0 aliphatic heterocycles. The van der Waals surface area contributed by atoms with Crippen LogP contribution in [-0.4, -0.2) is 4.98 Å². The standard InChI is InChI=1S/C16H21N/c1-11(2)15-10-13(16(3,4)5)12-8-6-7-9-14(12)17-15/h6-11H,1-5H3. The zero-order chi connectivity index (χ0) is 12.6. The van der Waals surface area contributed by atoms with Crippen LogP contribution >= 0.6 is 0 Å². The van der Waals surface area contributed by atoms with Gasteiger partial charge in [-0.1, -0.05) is 52.8 Å². The highest BCUT2D eigenvalue weighted by molar-refractivity contribution is 5.83. The predicted molar refractivity (Wildman–Crippen MR) is 74.5 cm³/mol. The van der Waals surface area contributed by atoms with Gasteiger partial charge in [-0.25, -0.2) is 0 Å². The summed E-state index contributed by atoms with van der Waals surface area (Å²) >= 11 is 0. The molecular formula is C16H21N. The highest BCUT2D eigenvalue weighted by atomic mass is 14.7. The molecule has 0 unspecified atom stereocenters. The molecule has 2 aromatic rings.